The van der Waals surface area contributed by atoms with E-state index in [1.807, 2.05) is 48.5 Å². The van der Waals surface area contributed by atoms with Gasteiger partial charge in [-0.25, -0.2) is 4.42 Å². The molecule has 0 amide bonds. The molecule has 0 aliphatic carbocycles. The summed E-state index contributed by atoms with van der Waals surface area (Å²) in [7, 11) is -8.98. The monoisotopic (exact) mass is 484 g/mol. The van der Waals surface area contributed by atoms with Crippen LogP contribution in [0, 0.1) is 0 Å². The van der Waals surface area contributed by atoms with E-state index in [9.17, 15) is 25.2 Å². The second-order valence-corrected chi connectivity index (χ2v) is 8.91. The van der Waals surface area contributed by atoms with Crippen molar-refractivity contribution in [1.29, 1.82) is 0 Å². The van der Waals surface area contributed by atoms with Gasteiger partial charge < -0.3 is 4.74 Å². The first-order valence-corrected chi connectivity index (χ1v) is 11.6. The number of rotatable bonds is 4. The van der Waals surface area contributed by atoms with Gasteiger partial charge in [0.05, 0.1) is 30.4 Å². The summed E-state index contributed by atoms with van der Waals surface area (Å²) in [5, 5.41) is 0. The summed E-state index contributed by atoms with van der Waals surface area (Å²) in [5.74, 6) is 2.54. The number of methoxy groups -OCH3 is 1. The Bertz CT molecular complexity index is 1140. The molecule has 1 heterocycles. The number of hydrogen-bond donors (Lipinski definition) is 0. The van der Waals surface area contributed by atoms with Crippen LogP contribution < -0.4 is 4.74 Å². The average molecular weight is 484 g/mol. The van der Waals surface area contributed by atoms with Crippen molar-refractivity contribution >= 4 is 7.81 Å². The molecule has 0 saturated heterocycles. The van der Waals surface area contributed by atoms with Crippen molar-refractivity contribution in [3.05, 3.63) is 97.1 Å². The summed E-state index contributed by atoms with van der Waals surface area (Å²) >= 11 is 0. The Kier molecular flexibility index (Phi) is 6.27. The number of ether oxygens (including phenoxy) is 1. The Morgan fingerprint density at radius 3 is 1.30 bits per heavy atom. The molecule has 0 fully saturated rings. The van der Waals surface area contributed by atoms with E-state index >= 15 is 0 Å². The number of halogens is 6. The molecule has 33 heavy (non-hydrogen) atoms. The van der Waals surface area contributed by atoms with E-state index in [0.29, 0.717) is 0 Å². The summed E-state index contributed by atoms with van der Waals surface area (Å²) in [6.07, 6.45) is 0. The molecular formula is C24H19F6O2P. The maximum atomic E-state index is 9.87. The van der Waals surface area contributed by atoms with E-state index in [4.69, 9.17) is 9.15 Å². The van der Waals surface area contributed by atoms with Gasteiger partial charge in [-0.15, -0.1) is 0 Å². The summed E-state index contributed by atoms with van der Waals surface area (Å²) in [5.41, 5.74) is 4.34. The molecule has 0 aliphatic heterocycles. The second kappa shape index (κ2) is 8.52. The van der Waals surface area contributed by atoms with Crippen molar-refractivity contribution in [1.82, 2.24) is 0 Å². The second-order valence-electron chi connectivity index (χ2n) is 6.99. The van der Waals surface area contributed by atoms with E-state index in [0.717, 1.165) is 39.5 Å². The average Bonchev–Trinajstić information content (AvgIpc) is 2.78. The molecule has 0 saturated carbocycles. The van der Waals surface area contributed by atoms with Crippen LogP contribution in [0.25, 0.3) is 33.8 Å². The molecule has 4 rings (SSSR count). The van der Waals surface area contributed by atoms with Crippen molar-refractivity contribution in [2.24, 2.45) is 0 Å². The Labute approximate surface area is 186 Å². The number of benzene rings is 3. The van der Waals surface area contributed by atoms with E-state index < -0.39 is 7.81 Å². The van der Waals surface area contributed by atoms with Gasteiger partial charge in [-0.1, -0.05) is 48.5 Å². The predicted octanol–water partition coefficient (Wildman–Crippen LogP) is 9.95. The quantitative estimate of drug-likeness (QED) is 0.163. The molecule has 0 atom stereocenters. The first kappa shape index (κ1) is 24.3. The van der Waals surface area contributed by atoms with Crippen LogP contribution in [0.5, 0.6) is 5.75 Å². The molecule has 1 aromatic heterocycles. The van der Waals surface area contributed by atoms with Crippen LogP contribution in [0.3, 0.4) is 0 Å². The third-order valence-electron chi connectivity index (χ3n) is 4.33. The SMILES string of the molecule is COc1ccc(-c2cc(-c3ccccc3)[o+]c(-c3ccccc3)c2)cc1.F[P-](F)(F)(F)(F)F. The first-order valence-electron chi connectivity index (χ1n) is 9.58. The molecule has 0 unspecified atom stereocenters. The summed E-state index contributed by atoms with van der Waals surface area (Å²) in [6, 6.07) is 32.6. The van der Waals surface area contributed by atoms with Gasteiger partial charge in [0.25, 0.3) is 0 Å². The van der Waals surface area contributed by atoms with Gasteiger partial charge >= 0.3 is 44.5 Å². The van der Waals surface area contributed by atoms with Gasteiger partial charge in [0.1, 0.15) is 5.75 Å². The zero-order chi connectivity index (χ0) is 24.2. The van der Waals surface area contributed by atoms with Crippen molar-refractivity contribution in [2.45, 2.75) is 0 Å². The molecule has 0 N–H and O–H groups in total. The van der Waals surface area contributed by atoms with Gasteiger partial charge in [0, 0.05) is 5.56 Å². The maximum absolute atomic E-state index is 10.7. The molecule has 9 heteroatoms. The van der Waals surface area contributed by atoms with Crippen LogP contribution in [0.15, 0.2) is 101 Å². The van der Waals surface area contributed by atoms with Crippen LogP contribution in [0.2, 0.25) is 0 Å². The predicted molar refractivity (Wildman–Crippen MR) is 120 cm³/mol. The summed E-state index contributed by atoms with van der Waals surface area (Å²) < 4.78 is 70.7. The van der Waals surface area contributed by atoms with E-state index in [-0.39, 0.29) is 0 Å². The van der Waals surface area contributed by atoms with Gasteiger partial charge in [0.15, 0.2) is 0 Å². The Balaban J connectivity index is 0.000000383. The van der Waals surface area contributed by atoms with Crippen LogP contribution in [-0.2, 0) is 0 Å². The molecule has 3 aromatic carbocycles. The topological polar surface area (TPSA) is 20.5 Å². The zero-order valence-electron chi connectivity index (χ0n) is 17.3. The van der Waals surface area contributed by atoms with E-state index in [1.54, 1.807) is 7.11 Å². The van der Waals surface area contributed by atoms with Crippen molar-refractivity contribution in [3.8, 4) is 39.5 Å². The van der Waals surface area contributed by atoms with Crippen LogP contribution in [0.4, 0.5) is 25.2 Å². The summed E-state index contributed by atoms with van der Waals surface area (Å²) in [4.78, 5) is 0. The molecule has 0 bridgehead atoms. The molecular weight excluding hydrogens is 465 g/mol. The van der Waals surface area contributed by atoms with Gasteiger partial charge in [-0.2, -0.15) is 0 Å². The van der Waals surface area contributed by atoms with Crippen LogP contribution in [0.1, 0.15) is 0 Å². The van der Waals surface area contributed by atoms with Crippen molar-refractivity contribution in [2.75, 3.05) is 7.11 Å². The fourth-order valence-corrected chi connectivity index (χ4v) is 2.94. The molecule has 0 spiro atoms. The zero-order valence-corrected chi connectivity index (χ0v) is 18.2. The van der Waals surface area contributed by atoms with Gasteiger partial charge in [0.2, 0.25) is 0 Å². The molecule has 174 valence electrons. The third-order valence-corrected chi connectivity index (χ3v) is 4.33. The van der Waals surface area contributed by atoms with Gasteiger partial charge in [-0.05, 0) is 42.0 Å². The van der Waals surface area contributed by atoms with Crippen molar-refractivity contribution < 1.29 is 34.3 Å². The molecule has 0 radical (unpaired) electrons. The fourth-order valence-electron chi connectivity index (χ4n) is 2.94. The van der Waals surface area contributed by atoms with Crippen LogP contribution in [-0.4, -0.2) is 7.11 Å². The minimum atomic E-state index is -10.7. The van der Waals surface area contributed by atoms with Gasteiger partial charge in [-0.3, -0.25) is 0 Å². The minimum absolute atomic E-state index is 0.845. The third kappa shape index (κ3) is 8.58. The van der Waals surface area contributed by atoms with Crippen molar-refractivity contribution in [3.63, 3.8) is 0 Å². The molecule has 4 aromatic rings. The summed E-state index contributed by atoms with van der Waals surface area (Å²) in [6.45, 7) is 0. The Morgan fingerprint density at radius 1 is 0.545 bits per heavy atom. The number of hydrogen-bond acceptors (Lipinski definition) is 1. The van der Waals surface area contributed by atoms with Crippen LogP contribution >= 0.6 is 7.81 Å². The first-order chi connectivity index (χ1) is 15.3. The fraction of sp³-hybridized carbons (Fsp3) is 0.0417. The molecule has 2 nitrogen and oxygen atoms in total. The van der Waals surface area contributed by atoms with E-state index in [2.05, 4.69) is 48.5 Å². The molecule has 0 aliphatic rings. The standard InChI is InChI=1S/C24H19O2.F6P/c1-25-22-14-12-18(13-15-22)21-16-23(19-8-4-2-5-9-19)26-24(17-21)20-10-6-3-7-11-20;1-7(2,3,4,5)6/h2-17H,1H3;/q+1;-1. The Hall–Kier alpha value is -3.38. The Morgan fingerprint density at radius 2 is 0.939 bits per heavy atom. The normalized spacial score (nSPS) is 13.2. The van der Waals surface area contributed by atoms with E-state index in [1.165, 1.54) is 0 Å².